The Morgan fingerprint density at radius 1 is 1.47 bits per heavy atom. The molecule has 1 aromatic carbocycles. The zero-order valence-electron chi connectivity index (χ0n) is 9.76. The van der Waals surface area contributed by atoms with Gasteiger partial charge in [0.1, 0.15) is 5.69 Å². The summed E-state index contributed by atoms with van der Waals surface area (Å²) in [6.07, 6.45) is 0. The Balaban J connectivity index is 3.19. The van der Waals surface area contributed by atoms with E-state index >= 15 is 0 Å². The molecule has 0 unspecified atom stereocenters. The molecule has 7 heteroatoms. The van der Waals surface area contributed by atoms with Crippen LogP contribution in [-0.2, 0) is 4.84 Å². The van der Waals surface area contributed by atoms with Gasteiger partial charge in [-0.05, 0) is 12.1 Å². The van der Waals surface area contributed by atoms with Crippen LogP contribution >= 0.6 is 0 Å². The Morgan fingerprint density at radius 2 is 2.12 bits per heavy atom. The van der Waals surface area contributed by atoms with Gasteiger partial charge in [-0.25, -0.2) is 5.48 Å². The Labute approximate surface area is 98.1 Å². The Morgan fingerprint density at radius 3 is 2.59 bits per heavy atom. The number of benzene rings is 1. The van der Waals surface area contributed by atoms with E-state index < -0.39 is 10.8 Å². The summed E-state index contributed by atoms with van der Waals surface area (Å²) < 4.78 is 0. The van der Waals surface area contributed by atoms with Crippen molar-refractivity contribution in [1.82, 2.24) is 5.48 Å². The lowest BCUT2D eigenvalue weighted by Gasteiger charge is -2.13. The summed E-state index contributed by atoms with van der Waals surface area (Å²) in [7, 11) is 4.68. The molecule has 0 atom stereocenters. The monoisotopic (exact) mass is 239 g/mol. The highest BCUT2D eigenvalue weighted by Gasteiger charge is 2.18. The largest absolute Gasteiger partial charge is 0.372 e. The van der Waals surface area contributed by atoms with Crippen LogP contribution in [-0.4, -0.2) is 32.0 Å². The summed E-state index contributed by atoms with van der Waals surface area (Å²) in [6.45, 7) is 0. The van der Waals surface area contributed by atoms with E-state index in [1.807, 2.05) is 0 Å². The highest BCUT2D eigenvalue weighted by atomic mass is 16.6. The number of nitrogens with one attached hydrogen (secondary N) is 1. The average Bonchev–Trinajstić information content (AvgIpc) is 2.28. The first-order valence-corrected chi connectivity index (χ1v) is 4.76. The van der Waals surface area contributed by atoms with Gasteiger partial charge in [-0.2, -0.15) is 0 Å². The van der Waals surface area contributed by atoms with Crippen LogP contribution in [0.15, 0.2) is 18.2 Å². The smallest absolute Gasteiger partial charge is 0.293 e. The fourth-order valence-electron chi connectivity index (χ4n) is 1.34. The molecule has 0 radical (unpaired) electrons. The topological polar surface area (TPSA) is 84.7 Å². The molecule has 0 aromatic heterocycles. The van der Waals surface area contributed by atoms with Crippen LogP contribution in [0, 0.1) is 10.1 Å². The fraction of sp³-hybridized carbons (Fsp3) is 0.300. The first kappa shape index (κ1) is 12.9. The Hall–Kier alpha value is -2.15. The quantitative estimate of drug-likeness (QED) is 0.624. The van der Waals surface area contributed by atoms with Gasteiger partial charge >= 0.3 is 0 Å². The second-order valence-electron chi connectivity index (χ2n) is 3.49. The summed E-state index contributed by atoms with van der Waals surface area (Å²) in [5.74, 6) is -0.527. The van der Waals surface area contributed by atoms with Crippen LogP contribution in [0.1, 0.15) is 10.4 Å². The van der Waals surface area contributed by atoms with Crippen LogP contribution < -0.4 is 10.4 Å². The van der Waals surface area contributed by atoms with E-state index in [1.54, 1.807) is 19.0 Å². The lowest BCUT2D eigenvalue weighted by Crippen LogP contribution is -2.22. The van der Waals surface area contributed by atoms with Crippen molar-refractivity contribution in [2.75, 3.05) is 26.1 Å². The molecule has 0 saturated carbocycles. The molecule has 1 amide bonds. The molecule has 0 aliphatic rings. The number of hydroxylamine groups is 1. The van der Waals surface area contributed by atoms with Crippen LogP contribution in [0.5, 0.6) is 0 Å². The molecule has 1 aromatic rings. The minimum absolute atomic E-state index is 0.126. The van der Waals surface area contributed by atoms with Gasteiger partial charge in [-0.3, -0.25) is 19.7 Å². The lowest BCUT2D eigenvalue weighted by atomic mass is 10.1. The lowest BCUT2D eigenvalue weighted by molar-refractivity contribution is -0.384. The van der Waals surface area contributed by atoms with Crippen molar-refractivity contribution in [3.63, 3.8) is 0 Å². The summed E-state index contributed by atoms with van der Waals surface area (Å²) >= 11 is 0. The maximum absolute atomic E-state index is 11.4. The summed E-state index contributed by atoms with van der Waals surface area (Å²) in [4.78, 5) is 27.8. The van der Waals surface area contributed by atoms with Gasteiger partial charge in [0, 0.05) is 25.7 Å². The van der Waals surface area contributed by atoms with E-state index in [1.165, 1.54) is 25.3 Å². The van der Waals surface area contributed by atoms with Gasteiger partial charge in [-0.15, -0.1) is 0 Å². The van der Waals surface area contributed by atoms with Crippen LogP contribution in [0.4, 0.5) is 11.4 Å². The third-order valence-electron chi connectivity index (χ3n) is 2.11. The summed E-state index contributed by atoms with van der Waals surface area (Å²) in [6, 6.07) is 4.23. The Kier molecular flexibility index (Phi) is 4.00. The molecular weight excluding hydrogens is 226 g/mol. The van der Waals surface area contributed by atoms with E-state index in [2.05, 4.69) is 10.3 Å². The average molecular weight is 239 g/mol. The van der Waals surface area contributed by atoms with Gasteiger partial charge < -0.3 is 4.90 Å². The van der Waals surface area contributed by atoms with Gasteiger partial charge in [-0.1, -0.05) is 0 Å². The number of nitrogens with zero attached hydrogens (tertiary/aromatic N) is 2. The minimum Gasteiger partial charge on any atom is -0.372 e. The van der Waals surface area contributed by atoms with E-state index in [0.717, 1.165) is 0 Å². The molecule has 1 N–H and O–H groups in total. The van der Waals surface area contributed by atoms with Crippen LogP contribution in [0.25, 0.3) is 0 Å². The molecule has 0 spiro atoms. The molecule has 7 nitrogen and oxygen atoms in total. The molecule has 0 fully saturated rings. The Bertz CT molecular complexity index is 445. The zero-order chi connectivity index (χ0) is 13.0. The van der Waals surface area contributed by atoms with Gasteiger partial charge in [0.05, 0.1) is 12.0 Å². The highest BCUT2D eigenvalue weighted by Crippen LogP contribution is 2.27. The number of carbonyl (C=O) groups is 1. The highest BCUT2D eigenvalue weighted by molar-refractivity contribution is 5.95. The first-order valence-electron chi connectivity index (χ1n) is 4.76. The molecule has 0 bridgehead atoms. The molecule has 17 heavy (non-hydrogen) atoms. The van der Waals surface area contributed by atoms with Crippen molar-refractivity contribution in [3.8, 4) is 0 Å². The maximum atomic E-state index is 11.4. The van der Waals surface area contributed by atoms with E-state index in [0.29, 0.717) is 5.69 Å². The first-order chi connectivity index (χ1) is 7.97. The standard InChI is InChI=1S/C10H13N3O4/c1-12(2)8-5-4-7(10(14)11-17-3)6-9(8)13(15)16/h4-6H,1-3H3,(H,11,14). The molecule has 0 heterocycles. The number of carbonyl (C=O) groups excluding carboxylic acids is 1. The van der Waals surface area contributed by atoms with E-state index in [-0.39, 0.29) is 11.3 Å². The van der Waals surface area contributed by atoms with Crippen molar-refractivity contribution < 1.29 is 14.6 Å². The molecule has 0 saturated heterocycles. The van der Waals surface area contributed by atoms with Gasteiger partial charge in [0.2, 0.25) is 0 Å². The predicted octanol–water partition coefficient (Wildman–Crippen LogP) is 0.952. The number of amides is 1. The maximum Gasteiger partial charge on any atom is 0.293 e. The van der Waals surface area contributed by atoms with Crippen molar-refractivity contribution in [3.05, 3.63) is 33.9 Å². The number of hydrogen-bond donors (Lipinski definition) is 1. The molecule has 0 aliphatic carbocycles. The fourth-order valence-corrected chi connectivity index (χ4v) is 1.34. The molecular formula is C10H13N3O4. The number of nitro benzene ring substituents is 1. The number of hydrogen-bond acceptors (Lipinski definition) is 5. The third-order valence-corrected chi connectivity index (χ3v) is 2.11. The molecule has 1 rings (SSSR count). The van der Waals surface area contributed by atoms with Gasteiger partial charge in [0.15, 0.2) is 0 Å². The van der Waals surface area contributed by atoms with Crippen LogP contribution in [0.3, 0.4) is 0 Å². The SMILES string of the molecule is CONC(=O)c1ccc(N(C)C)c([N+](=O)[O-])c1. The van der Waals surface area contributed by atoms with Crippen LogP contribution in [0.2, 0.25) is 0 Å². The van der Waals surface area contributed by atoms with Crippen molar-refractivity contribution >= 4 is 17.3 Å². The zero-order valence-corrected chi connectivity index (χ0v) is 9.76. The molecule has 0 aliphatic heterocycles. The van der Waals surface area contributed by atoms with Crippen molar-refractivity contribution in [1.29, 1.82) is 0 Å². The van der Waals surface area contributed by atoms with Crippen molar-refractivity contribution in [2.24, 2.45) is 0 Å². The predicted molar refractivity (Wildman–Crippen MR) is 61.9 cm³/mol. The summed E-state index contributed by atoms with van der Waals surface area (Å²) in [5, 5.41) is 10.9. The van der Waals surface area contributed by atoms with Crippen molar-refractivity contribution in [2.45, 2.75) is 0 Å². The summed E-state index contributed by atoms with van der Waals surface area (Å²) in [5.41, 5.74) is 2.58. The van der Waals surface area contributed by atoms with Gasteiger partial charge in [0.25, 0.3) is 11.6 Å². The van der Waals surface area contributed by atoms with E-state index in [9.17, 15) is 14.9 Å². The number of rotatable bonds is 4. The number of nitro groups is 1. The number of anilines is 1. The van der Waals surface area contributed by atoms with E-state index in [4.69, 9.17) is 0 Å². The third kappa shape index (κ3) is 2.91. The second-order valence-corrected chi connectivity index (χ2v) is 3.49. The molecule has 92 valence electrons. The normalized spacial score (nSPS) is 9.82. The second kappa shape index (κ2) is 5.26. The minimum atomic E-state index is -0.529.